The molecule has 0 heterocycles. The fraction of sp³-hybridized carbons (Fsp3) is 0. The van der Waals surface area contributed by atoms with Crippen molar-refractivity contribution in [1.82, 2.24) is 0 Å². The van der Waals surface area contributed by atoms with Crippen LogP contribution in [0.1, 0.15) is 0 Å². The Morgan fingerprint density at radius 1 is 0.571 bits per heavy atom. The number of hydrogen-bond donors (Lipinski definition) is 0. The van der Waals surface area contributed by atoms with Gasteiger partial charge in [0, 0.05) is 0 Å². The van der Waals surface area contributed by atoms with E-state index in [0.29, 0.717) is 0 Å². The molecular weight excluding hydrogens is 126 g/mol. The molecular formula is C3N3Ti. The van der Waals surface area contributed by atoms with E-state index in [2.05, 4.69) is 0 Å². The summed E-state index contributed by atoms with van der Waals surface area (Å²) in [5.41, 5.74) is 0. The summed E-state index contributed by atoms with van der Waals surface area (Å²) in [6.45, 7) is 14.2. The molecule has 1 radical (unpaired) electrons. The molecule has 0 fully saturated rings. The fourth-order valence-corrected chi connectivity index (χ4v) is 0. The monoisotopic (exact) mass is 126 g/mol. The minimum atomic E-state index is 0. The van der Waals surface area contributed by atoms with Gasteiger partial charge in [-0.3, -0.25) is 0 Å². The van der Waals surface area contributed by atoms with E-state index in [-0.39, 0.29) is 21.7 Å². The minimum absolute atomic E-state index is 0. The van der Waals surface area contributed by atoms with E-state index in [0.717, 1.165) is 0 Å². The molecule has 0 rings (SSSR count). The first-order chi connectivity index (χ1) is 3.00. The van der Waals surface area contributed by atoms with Gasteiger partial charge in [0.25, 0.3) is 0 Å². The van der Waals surface area contributed by atoms with Crippen molar-refractivity contribution in [3.05, 3.63) is 19.7 Å². The van der Waals surface area contributed by atoms with Gasteiger partial charge in [-0.15, -0.1) is 0 Å². The quantitative estimate of drug-likeness (QED) is 0.345. The molecule has 0 aliphatic carbocycles. The van der Waals surface area contributed by atoms with Crippen molar-refractivity contribution in [2.75, 3.05) is 0 Å². The largest absolute Gasteiger partial charge is 3.00 e. The molecule has 0 unspecified atom stereocenters. The normalized spacial score (nSPS) is 0.857. The van der Waals surface area contributed by atoms with Crippen molar-refractivity contribution in [2.45, 2.75) is 0 Å². The first-order valence-electron chi connectivity index (χ1n) is 0.671. The molecule has 0 aromatic rings. The summed E-state index contributed by atoms with van der Waals surface area (Å²) < 4.78 is 0. The van der Waals surface area contributed by atoms with E-state index in [1.807, 2.05) is 0 Å². The molecule has 3 nitrogen and oxygen atoms in total. The summed E-state index contributed by atoms with van der Waals surface area (Å²) >= 11 is 0. The molecule has 4 heteroatoms. The van der Waals surface area contributed by atoms with Crippen LogP contribution in [0.3, 0.4) is 0 Å². The minimum Gasteiger partial charge on any atom is -0.512 e. The van der Waals surface area contributed by atoms with E-state index in [9.17, 15) is 0 Å². The van der Waals surface area contributed by atoms with Crippen LogP contribution >= 0.6 is 0 Å². The maximum absolute atomic E-state index is 6.25. The van der Waals surface area contributed by atoms with Crippen LogP contribution in [0, 0.1) is 35.5 Å². The van der Waals surface area contributed by atoms with Crippen molar-refractivity contribution in [2.24, 2.45) is 0 Å². The predicted molar refractivity (Wildman–Crippen MR) is 14.9 cm³/mol. The summed E-state index contributed by atoms with van der Waals surface area (Å²) in [4.78, 5) is 0. The average Bonchev–Trinajstić information content (AvgIpc) is 1.81. The van der Waals surface area contributed by atoms with Crippen LogP contribution in [-0.2, 0) is 21.7 Å². The van der Waals surface area contributed by atoms with E-state index in [4.69, 9.17) is 35.5 Å². The van der Waals surface area contributed by atoms with Crippen molar-refractivity contribution < 1.29 is 21.7 Å². The summed E-state index contributed by atoms with van der Waals surface area (Å²) in [6.07, 6.45) is 0. The van der Waals surface area contributed by atoms with Gasteiger partial charge in [0.05, 0.1) is 0 Å². The second-order valence-electron chi connectivity index (χ2n) is 0. The van der Waals surface area contributed by atoms with Gasteiger partial charge in [-0.1, -0.05) is 0 Å². The van der Waals surface area contributed by atoms with Gasteiger partial charge in [-0.2, -0.15) is 0 Å². The van der Waals surface area contributed by atoms with Crippen LogP contribution in [0.25, 0.3) is 0 Å². The Labute approximate surface area is 57.7 Å². The van der Waals surface area contributed by atoms with E-state index >= 15 is 0 Å². The van der Waals surface area contributed by atoms with Gasteiger partial charge in [-0.25, -0.2) is 0 Å². The zero-order chi connectivity index (χ0) is 6.00. The first-order valence-corrected chi connectivity index (χ1v) is 0.671. The van der Waals surface area contributed by atoms with Gasteiger partial charge < -0.3 is 35.5 Å². The van der Waals surface area contributed by atoms with Crippen molar-refractivity contribution in [1.29, 1.82) is 15.8 Å². The Hall–Kier alpha value is -0.816. The molecule has 0 N–H and O–H groups in total. The summed E-state index contributed by atoms with van der Waals surface area (Å²) in [5, 5.41) is 18.8. The van der Waals surface area contributed by atoms with E-state index < -0.39 is 0 Å². The fourth-order valence-electron chi connectivity index (χ4n) is 0. The Morgan fingerprint density at radius 3 is 0.571 bits per heavy atom. The van der Waals surface area contributed by atoms with Crippen LogP contribution in [0.5, 0.6) is 0 Å². The zero-order valence-electron chi connectivity index (χ0n) is 3.34. The maximum atomic E-state index is 6.25. The maximum Gasteiger partial charge on any atom is 3.00 e. The molecule has 0 aromatic heterocycles. The third-order valence-corrected chi connectivity index (χ3v) is 0. The Balaban J connectivity index is -0.00000000900. The molecule has 0 amide bonds. The predicted octanol–water partition coefficient (Wildman–Crippen LogP) is 0.287. The molecule has 0 saturated carbocycles. The third-order valence-electron chi connectivity index (χ3n) is 0. The number of rotatable bonds is 0. The van der Waals surface area contributed by atoms with Crippen LogP contribution < -0.4 is 0 Å². The second kappa shape index (κ2) is 136. The van der Waals surface area contributed by atoms with E-state index in [1.165, 1.54) is 0 Å². The Morgan fingerprint density at radius 2 is 0.571 bits per heavy atom. The standard InChI is InChI=1S/3CN.Ti/c3*1-2;/q3*-1;+3. The van der Waals surface area contributed by atoms with Crippen LogP contribution in [0.4, 0.5) is 0 Å². The molecule has 0 spiro atoms. The summed E-state index contributed by atoms with van der Waals surface area (Å²) in [7, 11) is 0. The molecule has 0 atom stereocenters. The van der Waals surface area contributed by atoms with Crippen LogP contribution in [0.15, 0.2) is 0 Å². The molecule has 7 heavy (non-hydrogen) atoms. The average molecular weight is 126 g/mol. The van der Waals surface area contributed by atoms with Gasteiger partial charge in [0.1, 0.15) is 0 Å². The Bertz CT molecular complexity index is 38.7. The van der Waals surface area contributed by atoms with Gasteiger partial charge in [0.2, 0.25) is 0 Å². The second-order valence-corrected chi connectivity index (χ2v) is 0. The smallest absolute Gasteiger partial charge is 0.512 e. The molecule has 0 aliphatic heterocycles. The molecule has 0 aromatic carbocycles. The van der Waals surface area contributed by atoms with Crippen molar-refractivity contribution in [3.63, 3.8) is 0 Å². The molecule has 0 bridgehead atoms. The zero-order valence-corrected chi connectivity index (χ0v) is 4.90. The molecule has 31 valence electrons. The molecule has 0 saturated heterocycles. The van der Waals surface area contributed by atoms with Crippen molar-refractivity contribution in [3.8, 4) is 0 Å². The van der Waals surface area contributed by atoms with Crippen molar-refractivity contribution >= 4 is 0 Å². The first kappa shape index (κ1) is 34.8. The number of nitrogens with zero attached hydrogens (tertiary/aromatic N) is 3. The topological polar surface area (TPSA) is 71.4 Å². The third kappa shape index (κ3) is 79.0. The molecule has 0 aliphatic rings. The van der Waals surface area contributed by atoms with Crippen LogP contribution in [0.2, 0.25) is 0 Å². The van der Waals surface area contributed by atoms with Gasteiger partial charge in [-0.05, 0) is 0 Å². The SMILES string of the molecule is [C-]#N.[C-]#N.[C-]#N.[Ti+3]. The van der Waals surface area contributed by atoms with Gasteiger partial charge >= 0.3 is 21.7 Å². The van der Waals surface area contributed by atoms with E-state index in [1.54, 1.807) is 0 Å². The Kier molecular flexibility index (Phi) is 679. The summed E-state index contributed by atoms with van der Waals surface area (Å²) in [5.74, 6) is 0. The van der Waals surface area contributed by atoms with Gasteiger partial charge in [0.15, 0.2) is 0 Å². The van der Waals surface area contributed by atoms with Crippen LogP contribution in [-0.4, -0.2) is 0 Å². The summed E-state index contributed by atoms with van der Waals surface area (Å²) in [6, 6.07) is 0. The number of hydrogen-bond acceptors (Lipinski definition) is 3.